The van der Waals surface area contributed by atoms with E-state index in [-0.39, 0.29) is 24.1 Å². The van der Waals surface area contributed by atoms with Crippen molar-refractivity contribution in [2.24, 2.45) is 18.7 Å². The third-order valence-corrected chi connectivity index (χ3v) is 4.24. The van der Waals surface area contributed by atoms with Crippen LogP contribution in [0.3, 0.4) is 0 Å². The maximum atomic E-state index is 12.5. The van der Waals surface area contributed by atoms with Crippen LogP contribution in [0.15, 0.2) is 21.9 Å². The van der Waals surface area contributed by atoms with E-state index in [0.29, 0.717) is 19.0 Å². The second-order valence-electron chi connectivity index (χ2n) is 5.63. The Morgan fingerprint density at radius 3 is 2.81 bits per heavy atom. The second kappa shape index (κ2) is 6.26. The first-order chi connectivity index (χ1) is 9.95. The van der Waals surface area contributed by atoms with Gasteiger partial charge in [-0.25, -0.2) is 4.79 Å². The first-order valence-corrected chi connectivity index (χ1v) is 7.21. The van der Waals surface area contributed by atoms with Crippen molar-refractivity contribution in [1.29, 1.82) is 0 Å². The van der Waals surface area contributed by atoms with Gasteiger partial charge in [-0.05, 0) is 18.8 Å². The van der Waals surface area contributed by atoms with Gasteiger partial charge in [0.25, 0.3) is 5.56 Å². The molecule has 2 heterocycles. The summed E-state index contributed by atoms with van der Waals surface area (Å²) in [4.78, 5) is 37.5. The van der Waals surface area contributed by atoms with Crippen LogP contribution >= 0.6 is 0 Å². The molecule has 0 bridgehead atoms. The van der Waals surface area contributed by atoms with Crippen molar-refractivity contribution < 1.29 is 4.79 Å². The van der Waals surface area contributed by atoms with Gasteiger partial charge in [-0.3, -0.25) is 18.7 Å². The Balaban J connectivity index is 2.20. The van der Waals surface area contributed by atoms with Gasteiger partial charge in [-0.2, -0.15) is 0 Å². The van der Waals surface area contributed by atoms with E-state index >= 15 is 0 Å². The fourth-order valence-electron chi connectivity index (χ4n) is 2.89. The molecular formula is C14H22N4O3. The van der Waals surface area contributed by atoms with Crippen molar-refractivity contribution >= 4 is 5.91 Å². The number of piperidine rings is 1. The van der Waals surface area contributed by atoms with Gasteiger partial charge in [-0.15, -0.1) is 0 Å². The lowest BCUT2D eigenvalue weighted by atomic mass is 9.91. The molecule has 0 saturated carbocycles. The molecule has 1 aliphatic rings. The smallest absolute Gasteiger partial charge is 0.331 e. The minimum absolute atomic E-state index is 0.0227. The lowest BCUT2D eigenvalue weighted by Gasteiger charge is -2.39. The summed E-state index contributed by atoms with van der Waals surface area (Å²) in [5.41, 5.74) is 4.92. The summed E-state index contributed by atoms with van der Waals surface area (Å²) in [7, 11) is 1.40. The zero-order chi connectivity index (χ0) is 15.6. The van der Waals surface area contributed by atoms with Crippen molar-refractivity contribution in [1.82, 2.24) is 14.0 Å². The van der Waals surface area contributed by atoms with E-state index in [2.05, 4.69) is 6.92 Å². The predicted molar refractivity (Wildman–Crippen MR) is 78.9 cm³/mol. The number of rotatable bonds is 3. The Morgan fingerprint density at radius 2 is 2.14 bits per heavy atom. The van der Waals surface area contributed by atoms with Gasteiger partial charge in [0.05, 0.1) is 0 Å². The lowest BCUT2D eigenvalue weighted by molar-refractivity contribution is -0.136. The Labute approximate surface area is 123 Å². The highest BCUT2D eigenvalue weighted by Gasteiger charge is 2.30. The van der Waals surface area contributed by atoms with Crippen LogP contribution in [0.5, 0.6) is 0 Å². The summed E-state index contributed by atoms with van der Waals surface area (Å²) in [5, 5.41) is 0. The Bertz CT molecular complexity index is 634. The highest BCUT2D eigenvalue weighted by atomic mass is 16.2. The summed E-state index contributed by atoms with van der Waals surface area (Å²) in [6.45, 7) is 3.13. The summed E-state index contributed by atoms with van der Waals surface area (Å²) in [6, 6.07) is 1.31. The standard InChI is InChI=1S/C14H22N4O3/c1-10-4-3-6-18(11(10)8-15)13(20)9-17-7-5-12(19)16(2)14(17)21/h5,7,10-11H,3-4,6,8-9,15H2,1-2H3/t10-,11-/m1/s1. The number of carbonyl (C=O) groups is 1. The van der Waals surface area contributed by atoms with Gasteiger partial charge in [0.1, 0.15) is 6.54 Å². The van der Waals surface area contributed by atoms with Gasteiger partial charge in [0.2, 0.25) is 5.91 Å². The number of likely N-dealkylation sites (tertiary alicyclic amines) is 1. The maximum Gasteiger partial charge on any atom is 0.331 e. The highest BCUT2D eigenvalue weighted by molar-refractivity contribution is 5.76. The second-order valence-corrected chi connectivity index (χ2v) is 5.63. The SMILES string of the molecule is C[C@@H]1CCCN(C(=O)Cn2ccc(=O)n(C)c2=O)[C@@H]1CN. The molecule has 1 aliphatic heterocycles. The topological polar surface area (TPSA) is 90.3 Å². The van der Waals surface area contributed by atoms with Crippen LogP contribution in [0.4, 0.5) is 0 Å². The Morgan fingerprint density at radius 1 is 1.43 bits per heavy atom. The summed E-state index contributed by atoms with van der Waals surface area (Å²) < 4.78 is 2.25. The monoisotopic (exact) mass is 294 g/mol. The van der Waals surface area contributed by atoms with Crippen LogP contribution in [0.25, 0.3) is 0 Å². The van der Waals surface area contributed by atoms with E-state index in [4.69, 9.17) is 5.73 Å². The molecular weight excluding hydrogens is 272 g/mol. The molecule has 1 amide bonds. The molecule has 1 aromatic rings. The summed E-state index contributed by atoms with van der Waals surface area (Å²) in [6.07, 6.45) is 3.38. The van der Waals surface area contributed by atoms with E-state index < -0.39 is 5.69 Å². The largest absolute Gasteiger partial charge is 0.337 e. The average Bonchev–Trinajstić information content (AvgIpc) is 2.47. The van der Waals surface area contributed by atoms with Gasteiger partial charge in [-0.1, -0.05) is 6.92 Å². The van der Waals surface area contributed by atoms with Crippen molar-refractivity contribution in [2.75, 3.05) is 13.1 Å². The highest BCUT2D eigenvalue weighted by Crippen LogP contribution is 2.22. The van der Waals surface area contributed by atoms with Crippen molar-refractivity contribution in [2.45, 2.75) is 32.4 Å². The molecule has 0 radical (unpaired) electrons. The van der Waals surface area contributed by atoms with E-state index in [1.807, 2.05) is 0 Å². The average molecular weight is 294 g/mol. The van der Waals surface area contributed by atoms with Crippen LogP contribution in [-0.4, -0.2) is 39.1 Å². The molecule has 2 atom stereocenters. The molecule has 0 aromatic carbocycles. The summed E-state index contributed by atoms with van der Waals surface area (Å²) in [5.74, 6) is 0.238. The van der Waals surface area contributed by atoms with Gasteiger partial charge in [0.15, 0.2) is 0 Å². The van der Waals surface area contributed by atoms with E-state index in [0.717, 1.165) is 17.4 Å². The first kappa shape index (κ1) is 15.5. The maximum absolute atomic E-state index is 12.5. The molecule has 0 unspecified atom stereocenters. The van der Waals surface area contributed by atoms with Crippen LogP contribution in [0.1, 0.15) is 19.8 Å². The zero-order valence-corrected chi connectivity index (χ0v) is 12.5. The molecule has 2 N–H and O–H groups in total. The molecule has 116 valence electrons. The fourth-order valence-corrected chi connectivity index (χ4v) is 2.89. The zero-order valence-electron chi connectivity index (χ0n) is 12.5. The molecule has 7 heteroatoms. The van der Waals surface area contributed by atoms with E-state index in [1.54, 1.807) is 4.90 Å². The van der Waals surface area contributed by atoms with Crippen molar-refractivity contribution in [3.63, 3.8) is 0 Å². The molecule has 0 spiro atoms. The normalized spacial score (nSPS) is 22.3. The van der Waals surface area contributed by atoms with Crippen LogP contribution in [0, 0.1) is 5.92 Å². The predicted octanol–water partition coefficient (Wildman–Crippen LogP) is -0.867. The number of hydrogen-bond donors (Lipinski definition) is 1. The minimum Gasteiger partial charge on any atom is -0.337 e. The van der Waals surface area contributed by atoms with Gasteiger partial charge >= 0.3 is 5.69 Å². The van der Waals surface area contributed by atoms with E-state index in [1.165, 1.54) is 23.9 Å². The number of aromatic nitrogens is 2. The van der Waals surface area contributed by atoms with Crippen molar-refractivity contribution in [3.05, 3.63) is 33.1 Å². The third-order valence-electron chi connectivity index (χ3n) is 4.24. The molecule has 0 aliphatic carbocycles. The van der Waals surface area contributed by atoms with Crippen molar-refractivity contribution in [3.8, 4) is 0 Å². The Kier molecular flexibility index (Phi) is 4.62. The lowest BCUT2D eigenvalue weighted by Crippen LogP contribution is -2.53. The third kappa shape index (κ3) is 3.07. The first-order valence-electron chi connectivity index (χ1n) is 7.21. The number of carbonyl (C=O) groups excluding carboxylic acids is 1. The summed E-state index contributed by atoms with van der Waals surface area (Å²) >= 11 is 0. The van der Waals surface area contributed by atoms with Crippen LogP contribution in [-0.2, 0) is 18.4 Å². The number of nitrogens with two attached hydrogens (primary N) is 1. The van der Waals surface area contributed by atoms with Crippen LogP contribution in [0.2, 0.25) is 0 Å². The minimum atomic E-state index is -0.481. The molecule has 7 nitrogen and oxygen atoms in total. The quantitative estimate of drug-likeness (QED) is 0.785. The van der Waals surface area contributed by atoms with Crippen LogP contribution < -0.4 is 17.0 Å². The molecule has 1 aromatic heterocycles. The molecule has 1 saturated heterocycles. The van der Waals surface area contributed by atoms with Gasteiger partial charge in [0, 0.05) is 38.4 Å². The molecule has 21 heavy (non-hydrogen) atoms. The van der Waals surface area contributed by atoms with E-state index in [9.17, 15) is 14.4 Å². The fraction of sp³-hybridized carbons (Fsp3) is 0.643. The number of hydrogen-bond acceptors (Lipinski definition) is 4. The van der Waals surface area contributed by atoms with Gasteiger partial charge < -0.3 is 10.6 Å². The Hall–Kier alpha value is -1.89. The molecule has 2 rings (SSSR count). The molecule has 1 fully saturated rings. The number of nitrogens with zero attached hydrogens (tertiary/aromatic N) is 3. The number of amides is 1.